The summed E-state index contributed by atoms with van der Waals surface area (Å²) in [6.45, 7) is 1.51. The van der Waals surface area contributed by atoms with Crippen molar-refractivity contribution in [2.24, 2.45) is 0 Å². The number of H-pyrrole nitrogens is 1. The lowest BCUT2D eigenvalue weighted by Crippen LogP contribution is -2.36. The van der Waals surface area contributed by atoms with Gasteiger partial charge in [0.05, 0.1) is 6.61 Å². The number of esters is 1. The number of hydrogen-bond acceptors (Lipinski definition) is 4. The van der Waals surface area contributed by atoms with Crippen LogP contribution in [-0.2, 0) is 16.1 Å². The van der Waals surface area contributed by atoms with E-state index in [1.165, 1.54) is 12.3 Å². The fraction of sp³-hybridized carbons (Fsp3) is 0.375. The minimum Gasteiger partial charge on any atom is -0.465 e. The van der Waals surface area contributed by atoms with Crippen LogP contribution in [0.1, 0.15) is 6.92 Å². The predicted molar refractivity (Wildman–Crippen MR) is 48.0 cm³/mol. The Hall–Kier alpha value is -1.85. The molecular weight excluding hydrogens is 188 g/mol. The van der Waals surface area contributed by atoms with E-state index in [1.807, 2.05) is 0 Å². The second-order valence-electron chi connectivity index (χ2n) is 2.51. The Morgan fingerprint density at radius 2 is 2.29 bits per heavy atom. The SMILES string of the molecule is CCOC(=O)Cn1c(=O)cc[nH]c1=O. The maximum absolute atomic E-state index is 11.1. The van der Waals surface area contributed by atoms with Crippen LogP contribution >= 0.6 is 0 Å². The Kier molecular flexibility index (Phi) is 3.22. The van der Waals surface area contributed by atoms with Crippen LogP contribution in [0.2, 0.25) is 0 Å². The molecule has 1 aromatic rings. The van der Waals surface area contributed by atoms with E-state index in [0.29, 0.717) is 0 Å². The van der Waals surface area contributed by atoms with E-state index in [4.69, 9.17) is 0 Å². The molecule has 14 heavy (non-hydrogen) atoms. The van der Waals surface area contributed by atoms with Gasteiger partial charge in [-0.05, 0) is 6.92 Å². The average Bonchev–Trinajstić information content (AvgIpc) is 2.12. The zero-order valence-corrected chi connectivity index (χ0v) is 7.65. The molecule has 0 atom stereocenters. The van der Waals surface area contributed by atoms with Gasteiger partial charge in [-0.25, -0.2) is 9.36 Å². The van der Waals surface area contributed by atoms with Gasteiger partial charge in [-0.1, -0.05) is 0 Å². The first-order valence-electron chi connectivity index (χ1n) is 4.09. The highest BCUT2D eigenvalue weighted by Crippen LogP contribution is 1.80. The fourth-order valence-corrected chi connectivity index (χ4v) is 0.938. The summed E-state index contributed by atoms with van der Waals surface area (Å²) in [5.74, 6) is -0.605. The van der Waals surface area contributed by atoms with Crippen molar-refractivity contribution in [1.82, 2.24) is 9.55 Å². The number of aromatic nitrogens is 2. The van der Waals surface area contributed by atoms with Gasteiger partial charge in [0.25, 0.3) is 5.56 Å². The van der Waals surface area contributed by atoms with Crippen LogP contribution in [-0.4, -0.2) is 22.1 Å². The maximum atomic E-state index is 11.1. The lowest BCUT2D eigenvalue weighted by atomic mass is 10.5. The van der Waals surface area contributed by atoms with E-state index >= 15 is 0 Å². The van der Waals surface area contributed by atoms with Crippen LogP contribution in [0.25, 0.3) is 0 Å². The quantitative estimate of drug-likeness (QED) is 0.638. The third-order valence-corrected chi connectivity index (χ3v) is 1.54. The first kappa shape index (κ1) is 10.2. The van der Waals surface area contributed by atoms with E-state index in [-0.39, 0.29) is 13.2 Å². The Morgan fingerprint density at radius 1 is 1.57 bits per heavy atom. The normalized spacial score (nSPS) is 9.79. The van der Waals surface area contributed by atoms with Crippen LogP contribution in [0.3, 0.4) is 0 Å². The summed E-state index contributed by atoms with van der Waals surface area (Å²) in [7, 11) is 0. The third kappa shape index (κ3) is 2.32. The van der Waals surface area contributed by atoms with Gasteiger partial charge >= 0.3 is 11.7 Å². The summed E-state index contributed by atoms with van der Waals surface area (Å²) < 4.78 is 5.38. The second-order valence-corrected chi connectivity index (χ2v) is 2.51. The number of ether oxygens (including phenoxy) is 1. The summed E-state index contributed by atoms with van der Waals surface area (Å²) in [6.07, 6.45) is 1.23. The smallest absolute Gasteiger partial charge is 0.328 e. The molecule has 0 saturated carbocycles. The van der Waals surface area contributed by atoms with Gasteiger partial charge in [-0.2, -0.15) is 0 Å². The van der Waals surface area contributed by atoms with Crippen molar-refractivity contribution in [3.63, 3.8) is 0 Å². The van der Waals surface area contributed by atoms with E-state index in [9.17, 15) is 14.4 Å². The van der Waals surface area contributed by atoms with E-state index < -0.39 is 17.2 Å². The van der Waals surface area contributed by atoms with Gasteiger partial charge in [-0.15, -0.1) is 0 Å². The van der Waals surface area contributed by atoms with Gasteiger partial charge in [-0.3, -0.25) is 9.59 Å². The average molecular weight is 198 g/mol. The molecule has 1 heterocycles. The molecule has 0 aliphatic rings. The number of carbonyl (C=O) groups excluding carboxylic acids is 1. The standard InChI is InChI=1S/C8H10N2O4/c1-2-14-7(12)5-10-6(11)3-4-9-8(10)13/h3-4H,2,5H2,1H3,(H,9,13). The van der Waals surface area contributed by atoms with Gasteiger partial charge in [0.2, 0.25) is 0 Å². The molecule has 1 N–H and O–H groups in total. The Morgan fingerprint density at radius 3 is 2.86 bits per heavy atom. The monoisotopic (exact) mass is 198 g/mol. The lowest BCUT2D eigenvalue weighted by molar-refractivity contribution is -0.143. The number of nitrogens with one attached hydrogen (secondary N) is 1. The second kappa shape index (κ2) is 4.40. The molecule has 0 radical (unpaired) electrons. The molecule has 0 amide bonds. The summed E-state index contributed by atoms with van der Waals surface area (Å²) in [4.78, 5) is 35.5. The molecule has 6 heteroatoms. The van der Waals surface area contributed by atoms with Gasteiger partial charge < -0.3 is 9.72 Å². The molecule has 0 aliphatic carbocycles. The van der Waals surface area contributed by atoms with E-state index in [2.05, 4.69) is 9.72 Å². The van der Waals surface area contributed by atoms with E-state index in [0.717, 1.165) is 4.57 Å². The number of nitrogens with zero attached hydrogens (tertiary/aromatic N) is 1. The molecule has 1 rings (SSSR count). The molecule has 0 unspecified atom stereocenters. The van der Waals surface area contributed by atoms with E-state index in [1.54, 1.807) is 6.92 Å². The molecule has 0 spiro atoms. The lowest BCUT2D eigenvalue weighted by Gasteiger charge is -2.02. The van der Waals surface area contributed by atoms with Crippen molar-refractivity contribution in [2.45, 2.75) is 13.5 Å². The Bertz CT molecular complexity index is 403. The molecule has 0 aromatic carbocycles. The molecular formula is C8H10N2O4. The summed E-state index contributed by atoms with van der Waals surface area (Å²) in [6, 6.07) is 1.17. The summed E-state index contributed by atoms with van der Waals surface area (Å²) in [5, 5.41) is 0. The number of aromatic amines is 1. The largest absolute Gasteiger partial charge is 0.465 e. The number of carbonyl (C=O) groups is 1. The zero-order valence-electron chi connectivity index (χ0n) is 7.65. The topological polar surface area (TPSA) is 81.2 Å². The summed E-state index contributed by atoms with van der Waals surface area (Å²) in [5.41, 5.74) is -1.15. The molecule has 0 aliphatic heterocycles. The first-order valence-corrected chi connectivity index (χ1v) is 4.09. The fourth-order valence-electron chi connectivity index (χ4n) is 0.938. The van der Waals surface area contributed by atoms with Crippen LogP contribution in [0, 0.1) is 0 Å². The number of hydrogen-bond donors (Lipinski definition) is 1. The zero-order chi connectivity index (χ0) is 10.6. The minimum absolute atomic E-state index is 0.221. The van der Waals surface area contributed by atoms with Crippen molar-refractivity contribution in [2.75, 3.05) is 6.61 Å². The van der Waals surface area contributed by atoms with Crippen molar-refractivity contribution >= 4 is 5.97 Å². The molecule has 76 valence electrons. The maximum Gasteiger partial charge on any atom is 0.328 e. The predicted octanol–water partition coefficient (Wildman–Crippen LogP) is -0.900. The summed E-state index contributed by atoms with van der Waals surface area (Å²) >= 11 is 0. The molecule has 0 fully saturated rings. The number of rotatable bonds is 3. The van der Waals surface area contributed by atoms with Crippen LogP contribution in [0.4, 0.5) is 0 Å². The Labute approximate surface area is 79.1 Å². The van der Waals surface area contributed by atoms with Gasteiger partial charge in [0.1, 0.15) is 6.54 Å². The first-order chi connectivity index (χ1) is 6.65. The Balaban J connectivity index is 2.92. The third-order valence-electron chi connectivity index (χ3n) is 1.54. The minimum atomic E-state index is -0.620. The highest BCUT2D eigenvalue weighted by atomic mass is 16.5. The highest BCUT2D eigenvalue weighted by Gasteiger charge is 2.06. The van der Waals surface area contributed by atoms with Crippen LogP contribution in [0.5, 0.6) is 0 Å². The van der Waals surface area contributed by atoms with Gasteiger partial charge in [0, 0.05) is 12.3 Å². The molecule has 6 nitrogen and oxygen atoms in total. The van der Waals surface area contributed by atoms with Crippen LogP contribution < -0.4 is 11.2 Å². The van der Waals surface area contributed by atoms with Crippen molar-refractivity contribution in [3.05, 3.63) is 33.1 Å². The molecule has 0 saturated heterocycles. The molecule has 0 bridgehead atoms. The molecule has 1 aromatic heterocycles. The van der Waals surface area contributed by atoms with Crippen molar-refractivity contribution in [3.8, 4) is 0 Å². The van der Waals surface area contributed by atoms with Crippen LogP contribution in [0.15, 0.2) is 21.9 Å². The van der Waals surface area contributed by atoms with Crippen molar-refractivity contribution < 1.29 is 9.53 Å². The highest BCUT2D eigenvalue weighted by molar-refractivity contribution is 5.69. The van der Waals surface area contributed by atoms with Crippen molar-refractivity contribution in [1.29, 1.82) is 0 Å². The van der Waals surface area contributed by atoms with Gasteiger partial charge in [0.15, 0.2) is 0 Å².